The molecule has 2 amide bonds. The van der Waals surface area contributed by atoms with Crippen LogP contribution in [0.2, 0.25) is 0 Å². The summed E-state index contributed by atoms with van der Waals surface area (Å²) in [5.41, 5.74) is 1.75. The first-order valence-electron chi connectivity index (χ1n) is 16.1. The number of imide groups is 1. The van der Waals surface area contributed by atoms with Gasteiger partial charge in [0.1, 0.15) is 0 Å². The number of allylic oxidation sites excluding steroid dienone is 1. The van der Waals surface area contributed by atoms with E-state index in [0.29, 0.717) is 24.2 Å². The Kier molecular flexibility index (Phi) is 10.1. The van der Waals surface area contributed by atoms with Gasteiger partial charge in [-0.05, 0) is 73.6 Å². The Morgan fingerprint density at radius 2 is 1.48 bits per heavy atom. The molecule has 0 saturated carbocycles. The molecule has 0 fully saturated rings. The Labute approximate surface area is 269 Å². The molecule has 0 spiro atoms. The number of para-hydroxylation sites is 1. The summed E-state index contributed by atoms with van der Waals surface area (Å²) in [6.45, 7) is 8.35. The third-order valence-corrected chi connectivity index (χ3v) is 8.35. The van der Waals surface area contributed by atoms with E-state index in [-0.39, 0.29) is 34.5 Å². The molecule has 5 rings (SSSR count). The minimum absolute atomic E-state index is 0.147. The van der Waals surface area contributed by atoms with Gasteiger partial charge in [-0.15, -0.1) is 10.2 Å². The van der Waals surface area contributed by atoms with Crippen LogP contribution in [0.25, 0.3) is 17.5 Å². The fourth-order valence-electron chi connectivity index (χ4n) is 5.83. The van der Waals surface area contributed by atoms with Gasteiger partial charge in [-0.1, -0.05) is 89.1 Å². The fourth-order valence-corrected chi connectivity index (χ4v) is 5.83. The highest BCUT2D eigenvalue weighted by atomic mass is 16.3. The van der Waals surface area contributed by atoms with Crippen LogP contribution in [-0.2, 0) is 0 Å². The lowest BCUT2D eigenvalue weighted by molar-refractivity contribution is 0.0576. The summed E-state index contributed by atoms with van der Waals surface area (Å²) in [6.07, 6.45) is 10.1. The third-order valence-electron chi connectivity index (χ3n) is 8.35. The number of aromatic hydroxyl groups is 1. The number of unbranched alkanes of at least 4 members (excludes halogenated alkanes) is 2. The zero-order valence-corrected chi connectivity index (χ0v) is 26.9. The SMILES string of the molecule is CCC(CC)N1C(=O)c2cccc(N=Nc3c(O)n(-c4ccc(/C=C\CCCCC(C)C)cc4)n(-c4ccccc4)c3=O)c2C1=O. The molecule has 4 aromatic rings. The second-order valence-electron chi connectivity index (χ2n) is 12.0. The van der Waals surface area contributed by atoms with E-state index in [1.165, 1.54) is 27.1 Å². The molecule has 1 aliphatic rings. The van der Waals surface area contributed by atoms with Gasteiger partial charge in [0.25, 0.3) is 11.8 Å². The van der Waals surface area contributed by atoms with Crippen molar-refractivity contribution in [1.29, 1.82) is 0 Å². The number of hydrogen-bond donors (Lipinski definition) is 1. The van der Waals surface area contributed by atoms with Crippen molar-refractivity contribution in [2.45, 2.75) is 72.3 Å². The number of rotatable bonds is 13. The largest absolute Gasteiger partial charge is 0.492 e. The topological polar surface area (TPSA) is 109 Å². The van der Waals surface area contributed by atoms with Crippen molar-refractivity contribution in [2.24, 2.45) is 16.1 Å². The van der Waals surface area contributed by atoms with Crippen LogP contribution in [-0.4, -0.2) is 37.2 Å². The summed E-state index contributed by atoms with van der Waals surface area (Å²) < 4.78 is 2.73. The second-order valence-corrected chi connectivity index (χ2v) is 12.0. The lowest BCUT2D eigenvalue weighted by Gasteiger charge is -2.23. The molecule has 0 bridgehead atoms. The van der Waals surface area contributed by atoms with E-state index in [2.05, 4.69) is 36.2 Å². The molecule has 238 valence electrons. The summed E-state index contributed by atoms with van der Waals surface area (Å²) in [5.74, 6) is -0.484. The van der Waals surface area contributed by atoms with Crippen LogP contribution in [0.15, 0.2) is 93.9 Å². The zero-order chi connectivity index (χ0) is 32.8. The van der Waals surface area contributed by atoms with Gasteiger partial charge in [-0.25, -0.2) is 9.36 Å². The van der Waals surface area contributed by atoms with Gasteiger partial charge in [0.05, 0.1) is 28.2 Å². The van der Waals surface area contributed by atoms with E-state index < -0.39 is 17.3 Å². The summed E-state index contributed by atoms with van der Waals surface area (Å²) >= 11 is 0. The van der Waals surface area contributed by atoms with Crippen molar-refractivity contribution in [1.82, 2.24) is 14.3 Å². The van der Waals surface area contributed by atoms with E-state index in [1.807, 2.05) is 44.2 Å². The highest BCUT2D eigenvalue weighted by molar-refractivity contribution is 6.23. The van der Waals surface area contributed by atoms with Crippen molar-refractivity contribution in [3.8, 4) is 17.3 Å². The Morgan fingerprint density at radius 1 is 0.783 bits per heavy atom. The molecule has 1 aromatic heterocycles. The fraction of sp³-hybridized carbons (Fsp3) is 0.324. The molecule has 1 N–H and O–H groups in total. The molecule has 1 aliphatic heterocycles. The molecule has 0 radical (unpaired) electrons. The minimum Gasteiger partial charge on any atom is -0.492 e. The molecular formula is C37H41N5O4. The number of amides is 2. The first-order chi connectivity index (χ1) is 22.3. The molecule has 0 aliphatic carbocycles. The Morgan fingerprint density at radius 3 is 2.15 bits per heavy atom. The maximum atomic E-state index is 13.8. The Hall–Kier alpha value is -5.05. The Bertz CT molecular complexity index is 1810. The third kappa shape index (κ3) is 6.49. The van der Waals surface area contributed by atoms with Gasteiger partial charge in [-0.3, -0.25) is 19.3 Å². The smallest absolute Gasteiger partial charge is 0.303 e. The summed E-state index contributed by atoms with van der Waals surface area (Å²) in [6, 6.07) is 21.1. The molecule has 0 saturated heterocycles. The zero-order valence-electron chi connectivity index (χ0n) is 26.9. The predicted molar refractivity (Wildman–Crippen MR) is 181 cm³/mol. The van der Waals surface area contributed by atoms with Crippen LogP contribution in [0, 0.1) is 5.92 Å². The molecule has 2 heterocycles. The number of nitrogens with zero attached hydrogens (tertiary/aromatic N) is 5. The first kappa shape index (κ1) is 32.3. The molecule has 3 aromatic carbocycles. The summed E-state index contributed by atoms with van der Waals surface area (Å²) in [7, 11) is 0. The minimum atomic E-state index is -0.591. The van der Waals surface area contributed by atoms with Crippen LogP contribution >= 0.6 is 0 Å². The molecule has 9 nitrogen and oxygen atoms in total. The number of hydrogen-bond acceptors (Lipinski definition) is 6. The monoisotopic (exact) mass is 619 g/mol. The average Bonchev–Trinajstić information content (AvgIpc) is 3.47. The van der Waals surface area contributed by atoms with Crippen LogP contribution in [0.1, 0.15) is 92.5 Å². The van der Waals surface area contributed by atoms with Gasteiger partial charge in [0.2, 0.25) is 11.6 Å². The molecular weight excluding hydrogens is 578 g/mol. The van der Waals surface area contributed by atoms with E-state index in [0.717, 1.165) is 24.3 Å². The van der Waals surface area contributed by atoms with Crippen molar-refractivity contribution in [2.75, 3.05) is 0 Å². The molecule has 0 atom stereocenters. The second kappa shape index (κ2) is 14.4. The van der Waals surface area contributed by atoms with Gasteiger partial charge in [0.15, 0.2) is 0 Å². The first-order valence-corrected chi connectivity index (χ1v) is 16.1. The summed E-state index contributed by atoms with van der Waals surface area (Å²) in [4.78, 5) is 41.6. The maximum Gasteiger partial charge on any atom is 0.303 e. The molecule has 46 heavy (non-hydrogen) atoms. The van der Waals surface area contributed by atoms with E-state index in [1.54, 1.807) is 42.5 Å². The highest BCUT2D eigenvalue weighted by Crippen LogP contribution is 2.36. The highest BCUT2D eigenvalue weighted by Gasteiger charge is 2.40. The number of carbonyl (C=O) groups is 2. The quantitative estimate of drug-likeness (QED) is 0.0916. The van der Waals surface area contributed by atoms with Crippen molar-refractivity contribution in [3.05, 3.63) is 106 Å². The maximum absolute atomic E-state index is 13.8. The van der Waals surface area contributed by atoms with Crippen LogP contribution in [0.4, 0.5) is 11.4 Å². The van der Waals surface area contributed by atoms with Gasteiger partial charge in [-0.2, -0.15) is 0 Å². The number of fused-ring (bicyclic) bond motifs is 1. The molecule has 0 unspecified atom stereocenters. The van der Waals surface area contributed by atoms with E-state index in [4.69, 9.17) is 0 Å². The predicted octanol–water partition coefficient (Wildman–Crippen LogP) is 8.76. The lowest BCUT2D eigenvalue weighted by Crippen LogP contribution is -2.39. The van der Waals surface area contributed by atoms with Gasteiger partial charge < -0.3 is 5.11 Å². The number of aromatic nitrogens is 2. The normalized spacial score (nSPS) is 13.3. The van der Waals surface area contributed by atoms with E-state index >= 15 is 0 Å². The van der Waals surface area contributed by atoms with E-state index in [9.17, 15) is 19.5 Å². The van der Waals surface area contributed by atoms with Gasteiger partial charge >= 0.3 is 5.56 Å². The van der Waals surface area contributed by atoms with Gasteiger partial charge in [0, 0.05) is 6.04 Å². The average molecular weight is 620 g/mol. The van der Waals surface area contributed by atoms with Crippen LogP contribution in [0.5, 0.6) is 5.88 Å². The number of benzene rings is 3. The molecule has 9 heteroatoms. The van der Waals surface area contributed by atoms with Crippen LogP contribution in [0.3, 0.4) is 0 Å². The van der Waals surface area contributed by atoms with Crippen molar-refractivity contribution >= 4 is 29.3 Å². The lowest BCUT2D eigenvalue weighted by atomic mass is 10.1. The Balaban J connectivity index is 1.49. The standard InChI is InChI=1S/C37H41N5O4/c1-5-27(6-2)40-34(43)30-19-14-20-31(32(30)35(40)44)38-39-33-36(45)41(28-17-12-9-13-18-28)42(37(33)46)29-23-21-26(22-24-29)16-11-8-7-10-15-25(3)4/h9,11-14,16-25,27,46H,5-8,10,15H2,1-4H3/b16-11-,39-38?. The summed E-state index contributed by atoms with van der Waals surface area (Å²) in [5, 5.41) is 19.9. The van der Waals surface area contributed by atoms with Crippen molar-refractivity contribution < 1.29 is 14.7 Å². The number of carbonyl (C=O) groups excluding carboxylic acids is 2. The van der Waals surface area contributed by atoms with Crippen LogP contribution < -0.4 is 5.56 Å². The van der Waals surface area contributed by atoms with Crippen molar-refractivity contribution in [3.63, 3.8) is 0 Å². The number of azo groups is 1.